The molecule has 19 heavy (non-hydrogen) atoms. The number of carboxylic acid groups (broad SMARTS) is 1. The van der Waals surface area contributed by atoms with Gasteiger partial charge in [0.25, 0.3) is 0 Å². The Morgan fingerprint density at radius 1 is 1.26 bits per heavy atom. The van der Waals surface area contributed by atoms with E-state index < -0.39 is 5.97 Å². The van der Waals surface area contributed by atoms with E-state index in [-0.39, 0.29) is 27.9 Å². The molecule has 3 aromatic rings. The van der Waals surface area contributed by atoms with Crippen LogP contribution < -0.4 is 11.2 Å². The molecule has 0 saturated heterocycles. The van der Waals surface area contributed by atoms with Gasteiger partial charge < -0.3 is 15.3 Å². The van der Waals surface area contributed by atoms with Gasteiger partial charge in [-0.05, 0) is 18.2 Å². The molecule has 2 heterocycles. The summed E-state index contributed by atoms with van der Waals surface area (Å²) >= 11 is 0. The van der Waals surface area contributed by atoms with Gasteiger partial charge in [-0.1, -0.05) is 12.1 Å². The molecule has 0 bridgehead atoms. The fourth-order valence-electron chi connectivity index (χ4n) is 1.91. The molecule has 0 aliphatic rings. The molecule has 0 amide bonds. The molecule has 6 nitrogen and oxygen atoms in total. The van der Waals surface area contributed by atoms with E-state index >= 15 is 0 Å². The monoisotopic (exact) mass is 256 g/mol. The Morgan fingerprint density at radius 3 is 2.74 bits per heavy atom. The number of nitrogens with two attached hydrogens (primary N) is 1. The lowest BCUT2D eigenvalue weighted by molar-refractivity contribution is 0.0698. The topological polar surface area (TPSA) is 106 Å². The quantitative estimate of drug-likeness (QED) is 0.641. The molecule has 6 heteroatoms. The Hall–Kier alpha value is -2.89. The summed E-state index contributed by atoms with van der Waals surface area (Å²) in [5, 5.41) is 9.45. The first kappa shape index (κ1) is 11.2. The SMILES string of the molecule is Nc1nc2oc3ccccc3c(=O)c2cc1C(=O)O. The zero-order valence-corrected chi connectivity index (χ0v) is 9.58. The Bertz CT molecular complexity index is 883. The van der Waals surface area contributed by atoms with Crippen LogP contribution in [0.4, 0.5) is 5.82 Å². The van der Waals surface area contributed by atoms with Crippen LogP contribution in [0.1, 0.15) is 10.4 Å². The second kappa shape index (κ2) is 3.81. The van der Waals surface area contributed by atoms with Gasteiger partial charge >= 0.3 is 5.97 Å². The van der Waals surface area contributed by atoms with Crippen molar-refractivity contribution in [3.05, 3.63) is 46.1 Å². The zero-order valence-electron chi connectivity index (χ0n) is 9.58. The second-order valence-electron chi connectivity index (χ2n) is 4.01. The maximum Gasteiger partial charge on any atom is 0.339 e. The molecule has 94 valence electrons. The van der Waals surface area contributed by atoms with Crippen molar-refractivity contribution >= 4 is 33.9 Å². The molecule has 0 fully saturated rings. The molecule has 0 saturated carbocycles. The summed E-state index contributed by atoms with van der Waals surface area (Å²) < 4.78 is 5.46. The number of fused-ring (bicyclic) bond motifs is 2. The molecule has 2 aromatic heterocycles. The van der Waals surface area contributed by atoms with Gasteiger partial charge in [0.05, 0.1) is 10.8 Å². The smallest absolute Gasteiger partial charge is 0.339 e. The van der Waals surface area contributed by atoms with Gasteiger partial charge in [-0.3, -0.25) is 4.79 Å². The molecule has 0 unspecified atom stereocenters. The third-order valence-electron chi connectivity index (χ3n) is 2.83. The minimum atomic E-state index is -1.24. The van der Waals surface area contributed by atoms with Crippen molar-refractivity contribution in [1.29, 1.82) is 0 Å². The number of anilines is 1. The maximum atomic E-state index is 12.2. The Morgan fingerprint density at radius 2 is 2.00 bits per heavy atom. The van der Waals surface area contributed by atoms with Crippen molar-refractivity contribution in [2.45, 2.75) is 0 Å². The Labute approximate surface area is 106 Å². The number of hydrogen-bond acceptors (Lipinski definition) is 5. The summed E-state index contributed by atoms with van der Waals surface area (Å²) in [6.07, 6.45) is 0. The van der Waals surface area contributed by atoms with Crippen LogP contribution in [0.3, 0.4) is 0 Å². The van der Waals surface area contributed by atoms with Crippen LogP contribution in [0, 0.1) is 0 Å². The number of rotatable bonds is 1. The van der Waals surface area contributed by atoms with Gasteiger partial charge in [0.1, 0.15) is 17.0 Å². The Balaban J connectivity index is 2.52. The van der Waals surface area contributed by atoms with Crippen LogP contribution in [-0.2, 0) is 0 Å². The second-order valence-corrected chi connectivity index (χ2v) is 4.01. The van der Waals surface area contributed by atoms with Crippen molar-refractivity contribution in [3.63, 3.8) is 0 Å². The summed E-state index contributed by atoms with van der Waals surface area (Å²) in [5.74, 6) is -1.42. The average molecular weight is 256 g/mol. The highest BCUT2D eigenvalue weighted by Crippen LogP contribution is 2.20. The van der Waals surface area contributed by atoms with Crippen molar-refractivity contribution < 1.29 is 14.3 Å². The molecular weight excluding hydrogens is 248 g/mol. The highest BCUT2D eigenvalue weighted by atomic mass is 16.4. The van der Waals surface area contributed by atoms with E-state index in [0.717, 1.165) is 0 Å². The summed E-state index contributed by atoms with van der Waals surface area (Å²) in [6, 6.07) is 7.87. The first-order valence-corrected chi connectivity index (χ1v) is 5.43. The highest BCUT2D eigenvalue weighted by molar-refractivity contribution is 5.98. The van der Waals surface area contributed by atoms with E-state index in [1.165, 1.54) is 6.07 Å². The largest absolute Gasteiger partial charge is 0.478 e. The third-order valence-corrected chi connectivity index (χ3v) is 2.83. The highest BCUT2D eigenvalue weighted by Gasteiger charge is 2.15. The fourth-order valence-corrected chi connectivity index (χ4v) is 1.91. The molecule has 0 atom stereocenters. The van der Waals surface area contributed by atoms with Crippen LogP contribution in [0.2, 0.25) is 0 Å². The molecule has 0 aliphatic carbocycles. The van der Waals surface area contributed by atoms with E-state index in [9.17, 15) is 9.59 Å². The molecular formula is C13H8N2O4. The molecule has 3 N–H and O–H groups in total. The van der Waals surface area contributed by atoms with Crippen molar-refractivity contribution in [2.75, 3.05) is 5.73 Å². The number of carboxylic acids is 1. The van der Waals surface area contributed by atoms with E-state index in [2.05, 4.69) is 4.98 Å². The normalized spacial score (nSPS) is 10.9. The van der Waals surface area contributed by atoms with Crippen molar-refractivity contribution in [1.82, 2.24) is 4.98 Å². The number of pyridine rings is 1. The summed E-state index contributed by atoms with van der Waals surface area (Å²) in [4.78, 5) is 27.1. The lowest BCUT2D eigenvalue weighted by atomic mass is 10.1. The van der Waals surface area contributed by atoms with E-state index in [4.69, 9.17) is 15.3 Å². The predicted octanol–water partition coefficient (Wildman–Crippen LogP) is 1.62. The van der Waals surface area contributed by atoms with Crippen LogP contribution >= 0.6 is 0 Å². The van der Waals surface area contributed by atoms with E-state index in [1.54, 1.807) is 24.3 Å². The summed E-state index contributed by atoms with van der Waals surface area (Å²) in [6.45, 7) is 0. The van der Waals surface area contributed by atoms with Crippen LogP contribution in [0.15, 0.2) is 39.5 Å². The first-order chi connectivity index (χ1) is 9.08. The predicted molar refractivity (Wildman–Crippen MR) is 69.2 cm³/mol. The molecule has 0 aliphatic heterocycles. The average Bonchev–Trinajstić information content (AvgIpc) is 2.38. The number of nitrogens with zero attached hydrogens (tertiary/aromatic N) is 1. The minimum Gasteiger partial charge on any atom is -0.478 e. The molecule has 1 aromatic carbocycles. The molecule has 3 rings (SSSR count). The number of benzene rings is 1. The molecule has 0 radical (unpaired) electrons. The van der Waals surface area contributed by atoms with Gasteiger partial charge in [-0.15, -0.1) is 0 Å². The minimum absolute atomic E-state index is 0.0335. The molecule has 0 spiro atoms. The van der Waals surface area contributed by atoms with Crippen LogP contribution in [0.25, 0.3) is 22.1 Å². The standard InChI is InChI=1S/C13H8N2O4/c14-11-8(13(17)18)5-7-10(16)6-3-1-2-4-9(6)19-12(7)15-11/h1-5H,(H2,14,15)(H,17,18). The van der Waals surface area contributed by atoms with Gasteiger partial charge in [0, 0.05) is 0 Å². The van der Waals surface area contributed by atoms with Gasteiger partial charge in [0.2, 0.25) is 11.1 Å². The van der Waals surface area contributed by atoms with Gasteiger partial charge in [-0.2, -0.15) is 4.98 Å². The number of carbonyl (C=O) groups is 1. The van der Waals surface area contributed by atoms with Crippen molar-refractivity contribution in [3.8, 4) is 0 Å². The lowest BCUT2D eigenvalue weighted by Gasteiger charge is -2.03. The number of nitrogen functional groups attached to an aromatic ring is 1. The Kier molecular flexibility index (Phi) is 2.25. The van der Waals surface area contributed by atoms with Gasteiger partial charge in [0.15, 0.2) is 0 Å². The van der Waals surface area contributed by atoms with E-state index in [1.807, 2.05) is 0 Å². The van der Waals surface area contributed by atoms with Crippen LogP contribution in [-0.4, -0.2) is 16.1 Å². The number of aromatic carboxylic acids is 1. The third kappa shape index (κ3) is 1.61. The number of para-hydroxylation sites is 1. The van der Waals surface area contributed by atoms with Crippen molar-refractivity contribution in [2.24, 2.45) is 0 Å². The summed E-state index contributed by atoms with van der Waals surface area (Å²) in [5.41, 5.74) is 5.41. The van der Waals surface area contributed by atoms with Crippen LogP contribution in [0.5, 0.6) is 0 Å². The fraction of sp³-hybridized carbons (Fsp3) is 0. The maximum absolute atomic E-state index is 12.2. The zero-order chi connectivity index (χ0) is 13.6. The lowest BCUT2D eigenvalue weighted by Crippen LogP contribution is -2.09. The number of hydrogen-bond donors (Lipinski definition) is 2. The van der Waals surface area contributed by atoms with Gasteiger partial charge in [-0.25, -0.2) is 4.79 Å². The number of aromatic nitrogens is 1. The summed E-state index contributed by atoms with van der Waals surface area (Å²) in [7, 11) is 0. The first-order valence-electron chi connectivity index (χ1n) is 5.43. The van der Waals surface area contributed by atoms with E-state index in [0.29, 0.717) is 11.0 Å².